The molecule has 3 rings (SSSR count). The molecule has 0 unspecified atom stereocenters. The van der Waals surface area contributed by atoms with Crippen LogP contribution < -0.4 is 33.9 Å². The van der Waals surface area contributed by atoms with Crippen LogP contribution in [-0.2, 0) is 6.54 Å². The Morgan fingerprint density at radius 1 is 0.962 bits per heavy atom. The van der Waals surface area contributed by atoms with Crippen LogP contribution in [0.25, 0.3) is 16.3 Å². The molecule has 0 bridgehead atoms. The highest BCUT2D eigenvalue weighted by atomic mass is 127. The van der Waals surface area contributed by atoms with Gasteiger partial charge in [-0.3, -0.25) is 0 Å². The lowest BCUT2D eigenvalue weighted by atomic mass is 10.2. The predicted octanol–water partition coefficient (Wildman–Crippen LogP) is 2.72. The van der Waals surface area contributed by atoms with Crippen LogP contribution in [0.2, 0.25) is 0 Å². The minimum absolute atomic E-state index is 0. The Bertz CT molecular complexity index is 938. The first-order chi connectivity index (χ1) is 12.3. The summed E-state index contributed by atoms with van der Waals surface area (Å²) >= 11 is 1.83. The molecule has 134 valence electrons. The van der Waals surface area contributed by atoms with E-state index in [0.29, 0.717) is 0 Å². The van der Waals surface area contributed by atoms with Crippen LogP contribution in [0, 0.1) is 6.92 Å². The third-order valence-electron chi connectivity index (χ3n) is 4.01. The second-order valence-corrected chi connectivity index (χ2v) is 6.78. The molecule has 2 aromatic carbocycles. The second-order valence-electron chi connectivity index (χ2n) is 5.71. The highest BCUT2D eigenvalue weighted by Gasteiger charge is 2.15. The zero-order chi connectivity index (χ0) is 17.5. The average Bonchev–Trinajstić information content (AvgIpc) is 2.99. The van der Waals surface area contributed by atoms with E-state index in [1.54, 1.807) is 0 Å². The summed E-state index contributed by atoms with van der Waals surface area (Å²) in [5.41, 5.74) is 3.68. The van der Waals surface area contributed by atoms with Gasteiger partial charge in [-0.05, 0) is 37.6 Å². The lowest BCUT2D eigenvalue weighted by Gasteiger charge is -2.03. The summed E-state index contributed by atoms with van der Waals surface area (Å²) in [7, 11) is 0. The highest BCUT2D eigenvalue weighted by molar-refractivity contribution is 7.18. The molecule has 1 heterocycles. The molecule has 0 aliphatic heterocycles. The maximum Gasteiger partial charge on any atom is 0.262 e. The third-order valence-corrected chi connectivity index (χ3v) is 5.14. The molecule has 26 heavy (non-hydrogen) atoms. The summed E-state index contributed by atoms with van der Waals surface area (Å²) in [6, 6.07) is 16.8. The zero-order valence-electron chi connectivity index (χ0n) is 15.0. The molecule has 0 amide bonds. The van der Waals surface area contributed by atoms with Crippen molar-refractivity contribution >= 4 is 33.3 Å². The molecular weight excluding hydrogens is 451 g/mol. The van der Waals surface area contributed by atoms with Crippen molar-refractivity contribution in [3.8, 4) is 0 Å². The van der Waals surface area contributed by atoms with E-state index >= 15 is 0 Å². The van der Waals surface area contributed by atoms with Crippen molar-refractivity contribution in [1.29, 1.82) is 0 Å². The van der Waals surface area contributed by atoms with E-state index < -0.39 is 0 Å². The van der Waals surface area contributed by atoms with Gasteiger partial charge in [0.15, 0.2) is 0 Å². The number of benzene rings is 2. The van der Waals surface area contributed by atoms with Crippen LogP contribution in [0.1, 0.15) is 17.5 Å². The summed E-state index contributed by atoms with van der Waals surface area (Å²) < 4.78 is 3.68. The molecule has 0 aliphatic carbocycles. The molecule has 0 spiro atoms. The van der Waals surface area contributed by atoms with Gasteiger partial charge < -0.3 is 29.3 Å². The summed E-state index contributed by atoms with van der Waals surface area (Å²) in [6.45, 7) is 5.27. The van der Waals surface area contributed by atoms with E-state index in [2.05, 4.69) is 78.4 Å². The molecule has 3 aromatic rings. The van der Waals surface area contributed by atoms with Crippen molar-refractivity contribution in [2.45, 2.75) is 20.4 Å². The van der Waals surface area contributed by atoms with Gasteiger partial charge in [-0.25, -0.2) is 0 Å². The average molecular weight is 474 g/mol. The van der Waals surface area contributed by atoms with Crippen molar-refractivity contribution in [1.82, 2.24) is 0 Å². The molecule has 0 aliphatic rings. The van der Waals surface area contributed by atoms with Crippen LogP contribution >= 0.6 is 11.3 Å². The van der Waals surface area contributed by atoms with Crippen molar-refractivity contribution in [3.63, 3.8) is 0 Å². The number of thiazole rings is 1. The maximum absolute atomic E-state index is 3.30. The number of halogens is 1. The van der Waals surface area contributed by atoms with E-state index in [-0.39, 0.29) is 24.0 Å². The molecule has 0 radical (unpaired) electrons. The van der Waals surface area contributed by atoms with Gasteiger partial charge in [0.25, 0.3) is 5.01 Å². The Morgan fingerprint density at radius 2 is 1.69 bits per heavy atom. The Morgan fingerprint density at radius 3 is 2.50 bits per heavy atom. The Balaban J connectivity index is 0.00000243. The summed E-state index contributed by atoms with van der Waals surface area (Å²) in [5.74, 6) is 0. The molecule has 0 saturated carbocycles. The third kappa shape index (κ3) is 5.05. The van der Waals surface area contributed by atoms with Crippen LogP contribution in [0.4, 0.5) is 5.69 Å². The molecule has 0 saturated heterocycles. The van der Waals surface area contributed by atoms with E-state index in [1.165, 1.54) is 20.8 Å². The fourth-order valence-corrected chi connectivity index (χ4v) is 3.84. The molecule has 4 heteroatoms. The fourth-order valence-electron chi connectivity index (χ4n) is 2.70. The molecule has 1 aromatic heterocycles. The van der Waals surface area contributed by atoms with Crippen LogP contribution in [0.15, 0.2) is 79.0 Å². The SMILES string of the molecule is CC[n+]1c(/C=C/C=C/C=C/Nc2ccccc2C)sc2ccccc21.[I-]. The van der Waals surface area contributed by atoms with Crippen molar-refractivity contribution < 1.29 is 28.5 Å². The Hall–Kier alpha value is -1.92. The number of nitrogens with one attached hydrogen (secondary N) is 1. The van der Waals surface area contributed by atoms with Crippen LogP contribution in [-0.4, -0.2) is 0 Å². The van der Waals surface area contributed by atoms with Crippen LogP contribution in [0.5, 0.6) is 0 Å². The van der Waals surface area contributed by atoms with Crippen molar-refractivity contribution in [2.75, 3.05) is 5.32 Å². The predicted molar refractivity (Wildman–Crippen MR) is 110 cm³/mol. The van der Waals surface area contributed by atoms with Gasteiger partial charge in [0, 0.05) is 24.0 Å². The van der Waals surface area contributed by atoms with Gasteiger partial charge in [-0.15, -0.1) is 0 Å². The lowest BCUT2D eigenvalue weighted by Crippen LogP contribution is -3.00. The van der Waals surface area contributed by atoms with Gasteiger partial charge >= 0.3 is 0 Å². The van der Waals surface area contributed by atoms with Gasteiger partial charge in [-0.2, -0.15) is 4.57 Å². The molecule has 0 atom stereocenters. The number of rotatable bonds is 6. The van der Waals surface area contributed by atoms with E-state index in [0.717, 1.165) is 12.2 Å². The van der Waals surface area contributed by atoms with Gasteiger partial charge in [-0.1, -0.05) is 59.9 Å². The zero-order valence-corrected chi connectivity index (χ0v) is 18.0. The number of fused-ring (bicyclic) bond motifs is 1. The van der Waals surface area contributed by atoms with Crippen LogP contribution in [0.3, 0.4) is 0 Å². The van der Waals surface area contributed by atoms with E-state index in [4.69, 9.17) is 0 Å². The number of para-hydroxylation sites is 2. The largest absolute Gasteiger partial charge is 1.00 e. The molecule has 1 N–H and O–H groups in total. The summed E-state index contributed by atoms with van der Waals surface area (Å²) in [5, 5.41) is 4.57. The van der Waals surface area contributed by atoms with E-state index in [9.17, 15) is 0 Å². The summed E-state index contributed by atoms with van der Waals surface area (Å²) in [4.78, 5) is 0. The minimum atomic E-state index is 0. The van der Waals surface area contributed by atoms with Crippen molar-refractivity contribution in [3.05, 3.63) is 89.6 Å². The molecule has 0 fully saturated rings. The number of allylic oxidation sites excluding steroid dienone is 4. The molecular formula is C22H23IN2S. The number of nitrogens with zero attached hydrogens (tertiary/aromatic N) is 1. The number of hydrogen-bond acceptors (Lipinski definition) is 2. The number of aryl methyl sites for hydroxylation is 2. The second kappa shape index (κ2) is 10.3. The highest BCUT2D eigenvalue weighted by Crippen LogP contribution is 2.21. The Labute approximate surface area is 176 Å². The fraction of sp³-hybridized carbons (Fsp3) is 0.136. The molecule has 2 nitrogen and oxygen atoms in total. The topological polar surface area (TPSA) is 15.9 Å². The van der Waals surface area contributed by atoms with Gasteiger partial charge in [0.05, 0.1) is 0 Å². The summed E-state index contributed by atoms with van der Waals surface area (Å²) in [6.07, 6.45) is 12.3. The normalized spacial score (nSPS) is 11.6. The lowest BCUT2D eigenvalue weighted by molar-refractivity contribution is -0.665. The number of anilines is 1. The monoisotopic (exact) mass is 474 g/mol. The standard InChI is InChI=1S/C22H22N2S.HI/c1-3-24-20-14-9-10-15-21(20)25-22(24)16-6-4-5-11-17-23-19-13-8-7-12-18(19)2;/h4-17H,3H2,1-2H3;1H. The van der Waals surface area contributed by atoms with Crippen molar-refractivity contribution in [2.24, 2.45) is 0 Å². The number of hydrogen-bond donors (Lipinski definition) is 1. The Kier molecular flexibility index (Phi) is 8.06. The first-order valence-corrected chi connectivity index (χ1v) is 9.34. The number of aromatic nitrogens is 1. The first-order valence-electron chi connectivity index (χ1n) is 8.53. The first kappa shape index (κ1) is 20.4. The minimum Gasteiger partial charge on any atom is -1.00 e. The maximum atomic E-state index is 3.30. The van der Waals surface area contributed by atoms with Gasteiger partial charge in [0.1, 0.15) is 11.2 Å². The smallest absolute Gasteiger partial charge is 0.262 e. The van der Waals surface area contributed by atoms with E-state index in [1.807, 2.05) is 41.8 Å². The van der Waals surface area contributed by atoms with Gasteiger partial charge in [0.2, 0.25) is 5.52 Å². The quantitative estimate of drug-likeness (QED) is 0.330.